The molecule has 6 heteroatoms. The van der Waals surface area contributed by atoms with Gasteiger partial charge in [-0.05, 0) is 42.3 Å². The van der Waals surface area contributed by atoms with Gasteiger partial charge in [0.25, 0.3) is 0 Å². The Morgan fingerprint density at radius 2 is 1.73 bits per heavy atom. The van der Waals surface area contributed by atoms with Gasteiger partial charge in [-0.15, -0.1) is 0 Å². The monoisotopic (exact) mass is 372 g/mol. The van der Waals surface area contributed by atoms with Crippen LogP contribution in [0.25, 0.3) is 10.9 Å². The van der Waals surface area contributed by atoms with E-state index in [-0.39, 0.29) is 0 Å². The van der Waals surface area contributed by atoms with Crippen molar-refractivity contribution in [3.8, 4) is 11.6 Å². The molecule has 136 valence electrons. The second kappa shape index (κ2) is 9.36. The molecule has 0 aliphatic heterocycles. The van der Waals surface area contributed by atoms with Gasteiger partial charge in [-0.3, -0.25) is 0 Å². The molecule has 0 spiro atoms. The van der Waals surface area contributed by atoms with E-state index in [1.54, 1.807) is 0 Å². The molecule has 0 unspecified atom stereocenters. The van der Waals surface area contributed by atoms with Gasteiger partial charge in [-0.1, -0.05) is 30.7 Å². The Bertz CT molecular complexity index is 852. The van der Waals surface area contributed by atoms with Gasteiger partial charge >= 0.3 is 0 Å². The van der Waals surface area contributed by atoms with Crippen molar-refractivity contribution in [2.75, 3.05) is 26.4 Å². The summed E-state index contributed by atoms with van der Waals surface area (Å²) in [5.74, 6) is 1.38. The van der Waals surface area contributed by atoms with Crippen molar-refractivity contribution in [2.45, 2.75) is 13.3 Å². The van der Waals surface area contributed by atoms with Gasteiger partial charge < -0.3 is 14.2 Å². The number of nitrogens with zero attached hydrogens (tertiary/aromatic N) is 2. The molecule has 2 aromatic carbocycles. The maximum Gasteiger partial charge on any atom is 0.224 e. The first kappa shape index (κ1) is 18.4. The third-order valence-corrected chi connectivity index (χ3v) is 4.24. The lowest BCUT2D eigenvalue weighted by Crippen LogP contribution is -2.12. The Balaban J connectivity index is 1.37. The molecule has 0 aliphatic rings. The molecule has 0 saturated heterocycles. The lowest BCUT2D eigenvalue weighted by atomic mass is 10.1. The fourth-order valence-electron chi connectivity index (χ4n) is 2.52. The molecule has 26 heavy (non-hydrogen) atoms. The lowest BCUT2D eigenvalue weighted by molar-refractivity contribution is 0.0757. The van der Waals surface area contributed by atoms with E-state index in [2.05, 4.69) is 16.9 Å². The molecule has 0 radical (unpaired) electrons. The number of halogens is 1. The molecule has 0 aliphatic carbocycles. The second-order valence-corrected chi connectivity index (χ2v) is 6.02. The van der Waals surface area contributed by atoms with Crippen LogP contribution in [0.3, 0.4) is 0 Å². The van der Waals surface area contributed by atoms with Crippen molar-refractivity contribution < 1.29 is 14.2 Å². The number of fused-ring (bicyclic) bond motifs is 1. The van der Waals surface area contributed by atoms with Crippen molar-refractivity contribution in [3.63, 3.8) is 0 Å². The molecule has 0 saturated carbocycles. The second-order valence-electron chi connectivity index (χ2n) is 5.61. The van der Waals surface area contributed by atoms with Gasteiger partial charge in [-0.25, -0.2) is 9.97 Å². The van der Waals surface area contributed by atoms with E-state index in [1.807, 2.05) is 42.5 Å². The van der Waals surface area contributed by atoms with Crippen molar-refractivity contribution in [3.05, 3.63) is 59.4 Å². The number of aryl methyl sites for hydroxylation is 1. The number of aromatic nitrogens is 2. The number of ether oxygens (including phenoxy) is 3. The summed E-state index contributed by atoms with van der Waals surface area (Å²) in [6.07, 6.45) is 2.38. The molecule has 0 fully saturated rings. The summed E-state index contributed by atoms with van der Waals surface area (Å²) >= 11 is 6.10. The maximum absolute atomic E-state index is 6.10. The number of hydrogen-bond donors (Lipinski definition) is 0. The number of benzene rings is 2. The fraction of sp³-hybridized carbons (Fsp3) is 0.300. The Labute approximate surface area is 157 Å². The van der Waals surface area contributed by atoms with Crippen LogP contribution in [-0.4, -0.2) is 36.4 Å². The van der Waals surface area contributed by atoms with Gasteiger partial charge in [0.1, 0.15) is 25.3 Å². The summed E-state index contributed by atoms with van der Waals surface area (Å²) in [5.41, 5.74) is 1.94. The van der Waals surface area contributed by atoms with Crippen molar-refractivity contribution in [1.82, 2.24) is 9.97 Å². The quantitative estimate of drug-likeness (QED) is 0.523. The smallest absolute Gasteiger partial charge is 0.224 e. The van der Waals surface area contributed by atoms with Gasteiger partial charge in [-0.2, -0.15) is 0 Å². The third-order valence-electron chi connectivity index (χ3n) is 3.87. The van der Waals surface area contributed by atoms with Crippen LogP contribution < -0.4 is 9.47 Å². The summed E-state index contributed by atoms with van der Waals surface area (Å²) in [5, 5.41) is 1.67. The summed E-state index contributed by atoms with van der Waals surface area (Å²) in [6, 6.07) is 13.4. The molecule has 0 amide bonds. The van der Waals surface area contributed by atoms with Gasteiger partial charge in [0, 0.05) is 5.02 Å². The molecule has 5 nitrogen and oxygen atoms in total. The van der Waals surface area contributed by atoms with E-state index < -0.39 is 0 Å². The zero-order chi connectivity index (χ0) is 18.2. The number of para-hydroxylation sites is 1. The molecule has 0 N–H and O–H groups in total. The average molecular weight is 373 g/mol. The van der Waals surface area contributed by atoms with Crippen molar-refractivity contribution >= 4 is 22.5 Å². The first-order valence-corrected chi connectivity index (χ1v) is 8.97. The molecule has 1 heterocycles. The van der Waals surface area contributed by atoms with E-state index in [1.165, 1.54) is 6.33 Å². The van der Waals surface area contributed by atoms with Gasteiger partial charge in [0.2, 0.25) is 5.88 Å². The Morgan fingerprint density at radius 3 is 2.58 bits per heavy atom. The minimum atomic E-state index is 0.419. The van der Waals surface area contributed by atoms with Crippen LogP contribution in [0.2, 0.25) is 5.02 Å². The molecule has 3 aromatic rings. The Morgan fingerprint density at radius 1 is 0.923 bits per heavy atom. The topological polar surface area (TPSA) is 53.5 Å². The van der Waals surface area contributed by atoms with Gasteiger partial charge in [0.15, 0.2) is 0 Å². The minimum absolute atomic E-state index is 0.419. The molecule has 0 bridgehead atoms. The first-order valence-electron chi connectivity index (χ1n) is 8.59. The minimum Gasteiger partial charge on any atom is -0.491 e. The highest BCUT2D eigenvalue weighted by Gasteiger charge is 2.04. The average Bonchev–Trinajstić information content (AvgIpc) is 2.68. The number of rotatable bonds is 9. The predicted molar refractivity (Wildman–Crippen MR) is 102 cm³/mol. The third kappa shape index (κ3) is 4.84. The molecule has 0 atom stereocenters. The fourth-order valence-corrected chi connectivity index (χ4v) is 2.78. The van der Waals surface area contributed by atoms with E-state index in [0.29, 0.717) is 32.3 Å². The van der Waals surface area contributed by atoms with Crippen LogP contribution in [0.1, 0.15) is 12.5 Å². The lowest BCUT2D eigenvalue weighted by Gasteiger charge is -2.10. The summed E-state index contributed by atoms with van der Waals surface area (Å²) in [4.78, 5) is 8.39. The summed E-state index contributed by atoms with van der Waals surface area (Å²) in [7, 11) is 0. The van der Waals surface area contributed by atoms with Crippen LogP contribution >= 0.6 is 11.6 Å². The van der Waals surface area contributed by atoms with Crippen LogP contribution in [0.15, 0.2) is 48.8 Å². The van der Waals surface area contributed by atoms with Crippen LogP contribution in [0, 0.1) is 0 Å². The molecule has 3 rings (SSSR count). The highest BCUT2D eigenvalue weighted by Crippen LogP contribution is 2.22. The molecular weight excluding hydrogens is 352 g/mol. The van der Waals surface area contributed by atoms with Crippen LogP contribution in [0.5, 0.6) is 11.6 Å². The molecule has 1 aromatic heterocycles. The summed E-state index contributed by atoms with van der Waals surface area (Å²) < 4.78 is 16.9. The maximum atomic E-state index is 6.10. The highest BCUT2D eigenvalue weighted by atomic mass is 35.5. The van der Waals surface area contributed by atoms with Gasteiger partial charge in [0.05, 0.1) is 24.1 Å². The van der Waals surface area contributed by atoms with Crippen molar-refractivity contribution in [1.29, 1.82) is 0 Å². The molecular formula is C20H21ClN2O3. The van der Waals surface area contributed by atoms with Crippen LogP contribution in [-0.2, 0) is 11.2 Å². The normalized spacial score (nSPS) is 10.8. The Kier molecular flexibility index (Phi) is 6.63. The SMILES string of the molecule is CCc1cc(OCCOCCOc2ncnc3ccccc23)ccc1Cl. The van der Waals surface area contributed by atoms with E-state index >= 15 is 0 Å². The standard InChI is InChI=1S/C20H21ClN2O3/c1-2-15-13-16(7-8-18(15)21)25-11-9-24-10-12-26-20-17-5-3-4-6-19(17)22-14-23-20/h3-8,13-14H,2,9-12H2,1H3. The largest absolute Gasteiger partial charge is 0.491 e. The zero-order valence-electron chi connectivity index (χ0n) is 14.7. The highest BCUT2D eigenvalue weighted by molar-refractivity contribution is 6.31. The van der Waals surface area contributed by atoms with Crippen molar-refractivity contribution in [2.24, 2.45) is 0 Å². The Hall–Kier alpha value is -2.37. The predicted octanol–water partition coefficient (Wildman–Crippen LogP) is 4.32. The van der Waals surface area contributed by atoms with E-state index in [4.69, 9.17) is 25.8 Å². The first-order chi connectivity index (χ1) is 12.8. The zero-order valence-corrected chi connectivity index (χ0v) is 15.4. The van der Waals surface area contributed by atoms with Crippen LogP contribution in [0.4, 0.5) is 0 Å². The number of hydrogen-bond acceptors (Lipinski definition) is 5. The summed E-state index contributed by atoms with van der Waals surface area (Å²) in [6.45, 7) is 3.90. The van der Waals surface area contributed by atoms with E-state index in [0.717, 1.165) is 33.7 Å². The van der Waals surface area contributed by atoms with E-state index in [9.17, 15) is 0 Å².